The van der Waals surface area contributed by atoms with Crippen LogP contribution in [0.15, 0.2) is 12.2 Å². The molecule has 0 unspecified atom stereocenters. The maximum absolute atomic E-state index is 10.9. The SMILES string of the molecule is CCCCCCC/C=C/C[N+](CCCC(=O)[O-])(CCCC(=O)O)CCCC(=O)O. The molecule has 0 atom stereocenters. The lowest BCUT2D eigenvalue weighted by molar-refractivity contribution is -0.923. The first-order chi connectivity index (χ1) is 13.8. The minimum atomic E-state index is -1.10. The number of allylic oxidation sites excluding steroid dienone is 1. The highest BCUT2D eigenvalue weighted by Crippen LogP contribution is 2.16. The second kappa shape index (κ2) is 17.0. The summed E-state index contributed by atoms with van der Waals surface area (Å²) in [7, 11) is 0. The average molecular weight is 414 g/mol. The van der Waals surface area contributed by atoms with Gasteiger partial charge in [0.15, 0.2) is 0 Å². The summed E-state index contributed by atoms with van der Waals surface area (Å²) in [6.07, 6.45) is 12.8. The number of unbranched alkanes of at least 4 members (excludes halogenated alkanes) is 5. The quantitative estimate of drug-likeness (QED) is 0.180. The largest absolute Gasteiger partial charge is 0.550 e. The summed E-state index contributed by atoms with van der Waals surface area (Å²) in [6, 6.07) is 0. The number of aliphatic carboxylic acids is 3. The standard InChI is InChI=1S/C22H39NO6/c1-2-3-4-5-6-7-8-9-16-23(17-10-13-20(24)25,18-11-14-21(26)27)19-12-15-22(28)29/h8-9H,2-7,10-19H2,1H3,(H2-,24,25,26,27,28,29)/b9-8+. The Kier molecular flexibility index (Phi) is 15.9. The van der Waals surface area contributed by atoms with Crippen LogP contribution in [0.25, 0.3) is 0 Å². The highest BCUT2D eigenvalue weighted by Gasteiger charge is 2.26. The third kappa shape index (κ3) is 16.7. The van der Waals surface area contributed by atoms with Crippen molar-refractivity contribution in [1.82, 2.24) is 0 Å². The molecule has 0 spiro atoms. The van der Waals surface area contributed by atoms with E-state index in [2.05, 4.69) is 19.1 Å². The van der Waals surface area contributed by atoms with Crippen LogP contribution in [0.1, 0.15) is 84.0 Å². The van der Waals surface area contributed by atoms with E-state index in [1.165, 1.54) is 25.7 Å². The molecule has 2 N–H and O–H groups in total. The van der Waals surface area contributed by atoms with E-state index >= 15 is 0 Å². The van der Waals surface area contributed by atoms with E-state index < -0.39 is 17.9 Å². The first kappa shape index (κ1) is 27.1. The van der Waals surface area contributed by atoms with Crippen LogP contribution in [0.5, 0.6) is 0 Å². The maximum Gasteiger partial charge on any atom is 0.303 e. The summed E-state index contributed by atoms with van der Waals surface area (Å²) >= 11 is 0. The van der Waals surface area contributed by atoms with Crippen molar-refractivity contribution in [2.45, 2.75) is 84.0 Å². The lowest BCUT2D eigenvalue weighted by atomic mass is 10.1. The number of hydrogen-bond acceptors (Lipinski definition) is 4. The Morgan fingerprint density at radius 1 is 0.759 bits per heavy atom. The third-order valence-electron chi connectivity index (χ3n) is 5.19. The van der Waals surface area contributed by atoms with Gasteiger partial charge in [-0.2, -0.15) is 0 Å². The second-order valence-corrected chi connectivity index (χ2v) is 7.84. The first-order valence-electron chi connectivity index (χ1n) is 10.9. The monoisotopic (exact) mass is 413 g/mol. The molecule has 0 aliphatic rings. The molecule has 0 aromatic carbocycles. The number of hydrogen-bond donors (Lipinski definition) is 2. The Balaban J connectivity index is 4.89. The van der Waals surface area contributed by atoms with Crippen molar-refractivity contribution in [1.29, 1.82) is 0 Å². The average Bonchev–Trinajstić information content (AvgIpc) is 2.63. The van der Waals surface area contributed by atoms with Crippen molar-refractivity contribution in [3.8, 4) is 0 Å². The number of carbonyl (C=O) groups is 3. The van der Waals surface area contributed by atoms with Crippen molar-refractivity contribution in [2.75, 3.05) is 26.2 Å². The summed E-state index contributed by atoms with van der Waals surface area (Å²) in [5.41, 5.74) is 0. The molecule has 0 bridgehead atoms. The van der Waals surface area contributed by atoms with Gasteiger partial charge in [-0.15, -0.1) is 0 Å². The van der Waals surface area contributed by atoms with Gasteiger partial charge < -0.3 is 24.6 Å². The van der Waals surface area contributed by atoms with Crippen molar-refractivity contribution in [3.63, 3.8) is 0 Å². The molecule has 0 aliphatic heterocycles. The molecule has 0 radical (unpaired) electrons. The highest BCUT2D eigenvalue weighted by atomic mass is 16.4. The number of carbonyl (C=O) groups excluding carboxylic acids is 1. The Hall–Kier alpha value is -1.89. The van der Waals surface area contributed by atoms with Crippen molar-refractivity contribution >= 4 is 17.9 Å². The van der Waals surface area contributed by atoms with Gasteiger partial charge in [0, 0.05) is 25.2 Å². The Labute approximate surface area is 175 Å². The topological polar surface area (TPSA) is 115 Å². The van der Waals surface area contributed by atoms with Crippen molar-refractivity contribution in [3.05, 3.63) is 12.2 Å². The number of quaternary nitrogens is 1. The van der Waals surface area contributed by atoms with Gasteiger partial charge in [0.1, 0.15) is 0 Å². The van der Waals surface area contributed by atoms with Crippen LogP contribution in [-0.2, 0) is 14.4 Å². The van der Waals surface area contributed by atoms with Gasteiger partial charge in [-0.1, -0.05) is 38.7 Å². The summed E-state index contributed by atoms with van der Waals surface area (Å²) < 4.78 is 0.528. The van der Waals surface area contributed by atoms with E-state index in [1.807, 2.05) is 0 Å². The fourth-order valence-corrected chi connectivity index (χ4v) is 3.58. The van der Waals surface area contributed by atoms with E-state index in [0.717, 1.165) is 12.8 Å². The zero-order valence-corrected chi connectivity index (χ0v) is 17.9. The molecule has 0 amide bonds. The van der Waals surface area contributed by atoms with Gasteiger partial charge in [0.25, 0.3) is 0 Å². The normalized spacial score (nSPS) is 11.8. The fraction of sp³-hybridized carbons (Fsp3) is 0.773. The number of rotatable bonds is 20. The van der Waals surface area contributed by atoms with Crippen LogP contribution in [0.4, 0.5) is 0 Å². The van der Waals surface area contributed by atoms with Crippen LogP contribution < -0.4 is 5.11 Å². The summed E-state index contributed by atoms with van der Waals surface area (Å²) in [5, 5.41) is 28.7. The zero-order chi connectivity index (χ0) is 22.0. The molecule has 0 rings (SSSR count). The zero-order valence-electron chi connectivity index (χ0n) is 17.9. The molecular weight excluding hydrogens is 374 g/mol. The molecule has 0 aromatic heterocycles. The Morgan fingerprint density at radius 3 is 1.76 bits per heavy atom. The van der Waals surface area contributed by atoms with E-state index in [4.69, 9.17) is 10.2 Å². The van der Waals surface area contributed by atoms with E-state index in [9.17, 15) is 19.5 Å². The van der Waals surface area contributed by atoms with Gasteiger partial charge >= 0.3 is 11.9 Å². The fourth-order valence-electron chi connectivity index (χ4n) is 3.58. The lowest BCUT2D eigenvalue weighted by Crippen LogP contribution is -2.50. The number of nitrogens with zero attached hydrogens (tertiary/aromatic N) is 1. The number of carboxylic acids is 3. The molecule has 0 saturated carbocycles. The minimum absolute atomic E-state index is 0.0427. The highest BCUT2D eigenvalue weighted by molar-refractivity contribution is 5.66. The molecule has 7 nitrogen and oxygen atoms in total. The lowest BCUT2D eigenvalue weighted by Gasteiger charge is -2.38. The van der Waals surface area contributed by atoms with Crippen molar-refractivity contribution < 1.29 is 34.2 Å². The summed E-state index contributed by atoms with van der Waals surface area (Å²) in [4.78, 5) is 32.6. The van der Waals surface area contributed by atoms with Crippen LogP contribution in [0, 0.1) is 0 Å². The van der Waals surface area contributed by atoms with Crippen LogP contribution >= 0.6 is 0 Å². The molecule has 168 valence electrons. The molecule has 0 fully saturated rings. The van der Waals surface area contributed by atoms with Gasteiger partial charge in [0.2, 0.25) is 0 Å². The van der Waals surface area contributed by atoms with Crippen molar-refractivity contribution in [2.24, 2.45) is 0 Å². The van der Waals surface area contributed by atoms with Gasteiger partial charge in [-0.3, -0.25) is 9.59 Å². The summed E-state index contributed by atoms with van der Waals surface area (Å²) in [5.74, 6) is -2.81. The van der Waals surface area contributed by atoms with Crippen LogP contribution in [0.2, 0.25) is 0 Å². The molecule has 0 saturated heterocycles. The number of carboxylic acid groups (broad SMARTS) is 3. The van der Waals surface area contributed by atoms with Gasteiger partial charge in [0.05, 0.1) is 39.0 Å². The van der Waals surface area contributed by atoms with E-state index in [1.54, 1.807) is 0 Å². The van der Waals surface area contributed by atoms with Gasteiger partial charge in [-0.05, 0) is 25.3 Å². The summed E-state index contributed by atoms with van der Waals surface area (Å²) in [6.45, 7) is 4.63. The van der Waals surface area contributed by atoms with Gasteiger partial charge in [-0.25, -0.2) is 0 Å². The predicted octanol–water partition coefficient (Wildman–Crippen LogP) is 2.98. The third-order valence-corrected chi connectivity index (χ3v) is 5.19. The molecule has 7 heteroatoms. The predicted molar refractivity (Wildman–Crippen MR) is 110 cm³/mol. The first-order valence-corrected chi connectivity index (χ1v) is 10.9. The molecule has 0 aromatic rings. The minimum Gasteiger partial charge on any atom is -0.550 e. The second-order valence-electron chi connectivity index (χ2n) is 7.84. The molecule has 0 heterocycles. The maximum atomic E-state index is 10.9. The van der Waals surface area contributed by atoms with Crippen LogP contribution in [-0.4, -0.2) is 58.8 Å². The Morgan fingerprint density at radius 2 is 1.28 bits per heavy atom. The smallest absolute Gasteiger partial charge is 0.303 e. The molecule has 0 aliphatic carbocycles. The van der Waals surface area contributed by atoms with E-state index in [-0.39, 0.29) is 19.3 Å². The molecular formula is C22H39NO6. The van der Waals surface area contributed by atoms with Crippen LogP contribution in [0.3, 0.4) is 0 Å². The molecule has 29 heavy (non-hydrogen) atoms. The van der Waals surface area contributed by atoms with E-state index in [0.29, 0.717) is 49.9 Å². The Bertz CT molecular complexity index is 453.